The molecule has 114 valence electrons. The minimum atomic E-state index is 0.558. The molecule has 0 aromatic heterocycles. The Hall–Kier alpha value is -1.46. The van der Waals surface area contributed by atoms with E-state index in [-0.39, 0.29) is 0 Å². The van der Waals surface area contributed by atoms with Gasteiger partial charge in [-0.3, -0.25) is 0 Å². The molecular formula is C15H25NO4. The Morgan fingerprint density at radius 3 is 2.20 bits per heavy atom. The summed E-state index contributed by atoms with van der Waals surface area (Å²) in [7, 11) is 3.24. The van der Waals surface area contributed by atoms with Crippen molar-refractivity contribution in [1.82, 2.24) is 0 Å². The summed E-state index contributed by atoms with van der Waals surface area (Å²) in [4.78, 5) is 0. The molecule has 1 aromatic rings. The predicted molar refractivity (Wildman–Crippen MR) is 78.9 cm³/mol. The number of ether oxygens (including phenoxy) is 4. The molecule has 0 unspecified atom stereocenters. The van der Waals surface area contributed by atoms with Gasteiger partial charge in [0.2, 0.25) is 5.75 Å². The van der Waals surface area contributed by atoms with Crippen LogP contribution in [-0.4, -0.2) is 40.6 Å². The van der Waals surface area contributed by atoms with Crippen molar-refractivity contribution in [3.63, 3.8) is 0 Å². The van der Waals surface area contributed by atoms with E-state index < -0.39 is 0 Å². The van der Waals surface area contributed by atoms with Gasteiger partial charge in [-0.15, -0.1) is 0 Å². The smallest absolute Gasteiger partial charge is 0.203 e. The molecule has 1 aromatic carbocycles. The van der Waals surface area contributed by atoms with Gasteiger partial charge in [0.25, 0.3) is 0 Å². The van der Waals surface area contributed by atoms with Crippen molar-refractivity contribution in [2.45, 2.75) is 19.8 Å². The second kappa shape index (κ2) is 9.44. The van der Waals surface area contributed by atoms with E-state index in [1.54, 1.807) is 14.2 Å². The van der Waals surface area contributed by atoms with E-state index in [2.05, 4.69) is 0 Å². The molecule has 0 bridgehead atoms. The van der Waals surface area contributed by atoms with Gasteiger partial charge in [-0.05, 0) is 37.6 Å². The van der Waals surface area contributed by atoms with Crippen molar-refractivity contribution in [1.29, 1.82) is 0 Å². The first-order valence-electron chi connectivity index (χ1n) is 6.92. The Balaban J connectivity index is 2.76. The quantitative estimate of drug-likeness (QED) is 0.666. The van der Waals surface area contributed by atoms with E-state index in [0.29, 0.717) is 37.0 Å². The van der Waals surface area contributed by atoms with Crippen molar-refractivity contribution < 1.29 is 18.9 Å². The van der Waals surface area contributed by atoms with Crippen LogP contribution in [0.4, 0.5) is 0 Å². The fourth-order valence-electron chi connectivity index (χ4n) is 1.87. The zero-order valence-corrected chi connectivity index (χ0v) is 12.6. The number of hydrogen-bond donors (Lipinski definition) is 1. The molecule has 0 radical (unpaired) electrons. The zero-order chi connectivity index (χ0) is 14.8. The molecule has 0 aliphatic rings. The van der Waals surface area contributed by atoms with Crippen molar-refractivity contribution in [3.8, 4) is 17.2 Å². The molecule has 5 nitrogen and oxygen atoms in total. The molecule has 0 saturated carbocycles. The fraction of sp³-hybridized carbons (Fsp3) is 0.600. The fourth-order valence-corrected chi connectivity index (χ4v) is 1.87. The summed E-state index contributed by atoms with van der Waals surface area (Å²) in [5.41, 5.74) is 6.65. The highest BCUT2D eigenvalue weighted by atomic mass is 16.5. The third-order valence-electron chi connectivity index (χ3n) is 2.84. The Morgan fingerprint density at radius 2 is 1.70 bits per heavy atom. The number of rotatable bonds is 10. The summed E-state index contributed by atoms with van der Waals surface area (Å²) in [6, 6.07) is 3.88. The lowest BCUT2D eigenvalue weighted by Gasteiger charge is -2.16. The van der Waals surface area contributed by atoms with Gasteiger partial charge in [0.05, 0.1) is 20.8 Å². The van der Waals surface area contributed by atoms with E-state index in [1.165, 1.54) is 0 Å². The van der Waals surface area contributed by atoms with Crippen LogP contribution in [0.25, 0.3) is 0 Å². The first-order valence-corrected chi connectivity index (χ1v) is 6.92. The monoisotopic (exact) mass is 283 g/mol. The molecule has 0 atom stereocenters. The normalized spacial score (nSPS) is 10.4. The first-order chi connectivity index (χ1) is 9.76. The van der Waals surface area contributed by atoms with Crippen molar-refractivity contribution in [2.75, 3.05) is 40.6 Å². The lowest BCUT2D eigenvalue weighted by Crippen LogP contribution is -2.07. The molecular weight excluding hydrogens is 258 g/mol. The van der Waals surface area contributed by atoms with Crippen LogP contribution < -0.4 is 19.9 Å². The molecule has 0 heterocycles. The Labute approximate surface area is 121 Å². The SMILES string of the molecule is CCOCCCOc1c(OC)cc(CCN)cc1OC. The molecule has 1 rings (SSSR count). The van der Waals surface area contributed by atoms with Crippen LogP contribution >= 0.6 is 0 Å². The Bertz CT molecular complexity index is 370. The van der Waals surface area contributed by atoms with Gasteiger partial charge in [0.1, 0.15) is 0 Å². The summed E-state index contributed by atoms with van der Waals surface area (Å²) in [6.45, 7) is 4.53. The highest BCUT2D eigenvalue weighted by Crippen LogP contribution is 2.38. The van der Waals surface area contributed by atoms with E-state index in [1.807, 2.05) is 19.1 Å². The predicted octanol–water partition coefficient (Wildman–Crippen LogP) is 2.01. The van der Waals surface area contributed by atoms with Crippen molar-refractivity contribution in [2.24, 2.45) is 5.73 Å². The lowest BCUT2D eigenvalue weighted by atomic mass is 10.1. The number of hydrogen-bond acceptors (Lipinski definition) is 5. The van der Waals surface area contributed by atoms with E-state index in [4.69, 9.17) is 24.7 Å². The van der Waals surface area contributed by atoms with Crippen LogP contribution in [0.5, 0.6) is 17.2 Å². The summed E-state index contributed by atoms with van der Waals surface area (Å²) in [6.07, 6.45) is 1.60. The van der Waals surface area contributed by atoms with Gasteiger partial charge in [-0.25, -0.2) is 0 Å². The van der Waals surface area contributed by atoms with Gasteiger partial charge >= 0.3 is 0 Å². The van der Waals surface area contributed by atoms with Gasteiger partial charge in [0, 0.05) is 19.6 Å². The maximum absolute atomic E-state index is 5.77. The van der Waals surface area contributed by atoms with E-state index in [0.717, 1.165) is 25.0 Å². The van der Waals surface area contributed by atoms with Crippen molar-refractivity contribution in [3.05, 3.63) is 17.7 Å². The van der Waals surface area contributed by atoms with Crippen LogP contribution in [-0.2, 0) is 11.2 Å². The number of methoxy groups -OCH3 is 2. The van der Waals surface area contributed by atoms with Crippen LogP contribution in [0, 0.1) is 0 Å². The standard InChI is InChI=1S/C15H25NO4/c1-4-19-8-5-9-20-15-13(17-2)10-12(6-7-16)11-14(15)18-3/h10-11H,4-9,16H2,1-3H3. The Kier molecular flexibility index (Phi) is 7.84. The van der Waals surface area contributed by atoms with Crippen molar-refractivity contribution >= 4 is 0 Å². The average Bonchev–Trinajstić information content (AvgIpc) is 2.47. The molecule has 20 heavy (non-hydrogen) atoms. The van der Waals surface area contributed by atoms with Gasteiger partial charge in [-0.2, -0.15) is 0 Å². The molecule has 0 aliphatic heterocycles. The van der Waals surface area contributed by atoms with Crippen LogP contribution in [0.2, 0.25) is 0 Å². The summed E-state index contributed by atoms with van der Waals surface area (Å²) in [5.74, 6) is 1.97. The first kappa shape index (κ1) is 16.6. The lowest BCUT2D eigenvalue weighted by molar-refractivity contribution is 0.129. The summed E-state index contributed by atoms with van der Waals surface area (Å²) < 4.78 is 21.8. The maximum atomic E-state index is 5.77. The summed E-state index contributed by atoms with van der Waals surface area (Å²) in [5, 5.41) is 0. The third kappa shape index (κ3) is 4.90. The van der Waals surface area contributed by atoms with Gasteiger partial charge < -0.3 is 24.7 Å². The summed E-state index contributed by atoms with van der Waals surface area (Å²) >= 11 is 0. The van der Waals surface area contributed by atoms with Crippen LogP contribution in [0.1, 0.15) is 18.9 Å². The maximum Gasteiger partial charge on any atom is 0.203 e. The zero-order valence-electron chi connectivity index (χ0n) is 12.6. The number of nitrogens with two attached hydrogens (primary N) is 1. The second-order valence-corrected chi connectivity index (χ2v) is 4.27. The third-order valence-corrected chi connectivity index (χ3v) is 2.84. The molecule has 0 saturated heterocycles. The topological polar surface area (TPSA) is 62.9 Å². The van der Waals surface area contributed by atoms with Gasteiger partial charge in [-0.1, -0.05) is 0 Å². The molecule has 0 spiro atoms. The molecule has 2 N–H and O–H groups in total. The molecule has 0 aliphatic carbocycles. The minimum absolute atomic E-state index is 0.558. The average molecular weight is 283 g/mol. The van der Waals surface area contributed by atoms with E-state index >= 15 is 0 Å². The molecule has 0 amide bonds. The van der Waals surface area contributed by atoms with E-state index in [9.17, 15) is 0 Å². The highest BCUT2D eigenvalue weighted by molar-refractivity contribution is 5.53. The van der Waals surface area contributed by atoms with Gasteiger partial charge in [0.15, 0.2) is 11.5 Å². The highest BCUT2D eigenvalue weighted by Gasteiger charge is 2.13. The number of benzene rings is 1. The second-order valence-electron chi connectivity index (χ2n) is 4.27. The Morgan fingerprint density at radius 1 is 1.05 bits per heavy atom. The molecule has 0 fully saturated rings. The largest absolute Gasteiger partial charge is 0.493 e. The van der Waals surface area contributed by atoms with Crippen LogP contribution in [0.15, 0.2) is 12.1 Å². The minimum Gasteiger partial charge on any atom is -0.493 e. The van der Waals surface area contributed by atoms with Crippen LogP contribution in [0.3, 0.4) is 0 Å². The molecule has 5 heteroatoms.